The average Bonchev–Trinajstić information content (AvgIpc) is 2.45. The Morgan fingerprint density at radius 1 is 1.00 bits per heavy atom. The number of urea groups is 1. The number of sulfonamides is 1. The molecule has 2 aromatic rings. The number of carbonyl (C=O) groups is 1. The Balaban J connectivity index is 2.02. The van der Waals surface area contributed by atoms with Gasteiger partial charge in [0.25, 0.3) is 0 Å². The highest BCUT2D eigenvalue weighted by atomic mass is 32.2. The average molecular weight is 375 g/mol. The summed E-state index contributed by atoms with van der Waals surface area (Å²) in [4.78, 5) is 11.7. The van der Waals surface area contributed by atoms with E-state index < -0.39 is 28.2 Å². The zero-order valence-corrected chi connectivity index (χ0v) is 13.2. The van der Waals surface area contributed by atoms with Crippen molar-refractivity contribution in [1.82, 2.24) is 0 Å². The van der Waals surface area contributed by atoms with E-state index in [0.29, 0.717) is 0 Å². The van der Waals surface area contributed by atoms with Crippen molar-refractivity contribution in [3.05, 3.63) is 48.5 Å². The SMILES string of the molecule is NS(=O)(=O)c1ccc(NC(=O)Nc2cccc(OC(F)(F)F)c2)cc1. The van der Waals surface area contributed by atoms with Crippen LogP contribution in [0.2, 0.25) is 0 Å². The van der Waals surface area contributed by atoms with Gasteiger partial charge in [0.05, 0.1) is 4.90 Å². The number of amides is 2. The summed E-state index contributed by atoms with van der Waals surface area (Å²) in [5, 5.41) is 9.66. The summed E-state index contributed by atoms with van der Waals surface area (Å²) in [5.41, 5.74) is 0.327. The van der Waals surface area contributed by atoms with Crippen LogP contribution in [0.3, 0.4) is 0 Å². The third kappa shape index (κ3) is 5.97. The van der Waals surface area contributed by atoms with E-state index in [4.69, 9.17) is 5.14 Å². The Labute approximate surface area is 140 Å². The van der Waals surface area contributed by atoms with Gasteiger partial charge in [-0.1, -0.05) is 6.07 Å². The van der Waals surface area contributed by atoms with Gasteiger partial charge in [0.2, 0.25) is 10.0 Å². The molecule has 25 heavy (non-hydrogen) atoms. The highest BCUT2D eigenvalue weighted by Crippen LogP contribution is 2.25. The number of benzene rings is 2. The normalized spacial score (nSPS) is 11.7. The van der Waals surface area contributed by atoms with Gasteiger partial charge >= 0.3 is 12.4 Å². The molecule has 0 fully saturated rings. The number of nitrogens with two attached hydrogens (primary N) is 1. The lowest BCUT2D eigenvalue weighted by Crippen LogP contribution is -2.20. The number of nitrogens with one attached hydrogen (secondary N) is 2. The summed E-state index contributed by atoms with van der Waals surface area (Å²) in [7, 11) is -3.85. The number of halogens is 3. The number of anilines is 2. The van der Waals surface area contributed by atoms with E-state index >= 15 is 0 Å². The van der Waals surface area contributed by atoms with Gasteiger partial charge < -0.3 is 15.4 Å². The van der Waals surface area contributed by atoms with Gasteiger partial charge in [-0.25, -0.2) is 18.4 Å². The van der Waals surface area contributed by atoms with Crippen LogP contribution in [0, 0.1) is 0 Å². The van der Waals surface area contributed by atoms with E-state index in [1.54, 1.807) is 0 Å². The summed E-state index contributed by atoms with van der Waals surface area (Å²) in [6, 6.07) is 8.99. The van der Waals surface area contributed by atoms with E-state index in [-0.39, 0.29) is 16.3 Å². The first kappa shape index (κ1) is 18.5. The fraction of sp³-hybridized carbons (Fsp3) is 0.0714. The van der Waals surface area contributed by atoms with Crippen LogP contribution in [0.15, 0.2) is 53.4 Å². The molecule has 0 aliphatic heterocycles. The summed E-state index contributed by atoms with van der Waals surface area (Å²) >= 11 is 0. The molecule has 11 heteroatoms. The van der Waals surface area contributed by atoms with Crippen LogP contribution in [0.25, 0.3) is 0 Å². The van der Waals surface area contributed by atoms with Crippen LogP contribution >= 0.6 is 0 Å². The lowest BCUT2D eigenvalue weighted by molar-refractivity contribution is -0.274. The van der Waals surface area contributed by atoms with Crippen LogP contribution in [-0.2, 0) is 10.0 Å². The Bertz CT molecular complexity index is 868. The molecule has 0 unspecified atom stereocenters. The van der Waals surface area contributed by atoms with Crippen molar-refractivity contribution in [2.24, 2.45) is 5.14 Å². The number of alkyl halides is 3. The van der Waals surface area contributed by atoms with Gasteiger partial charge in [0.1, 0.15) is 5.75 Å². The summed E-state index contributed by atoms with van der Waals surface area (Å²) < 4.78 is 62.5. The van der Waals surface area contributed by atoms with E-state index in [1.807, 2.05) is 0 Å². The van der Waals surface area contributed by atoms with Crippen molar-refractivity contribution >= 4 is 27.4 Å². The molecule has 2 rings (SSSR count). The third-order valence-electron chi connectivity index (χ3n) is 2.77. The molecule has 0 bridgehead atoms. The molecule has 0 aliphatic rings. The smallest absolute Gasteiger partial charge is 0.406 e. The van der Waals surface area contributed by atoms with E-state index in [1.165, 1.54) is 36.4 Å². The van der Waals surface area contributed by atoms with Crippen molar-refractivity contribution in [3.63, 3.8) is 0 Å². The summed E-state index contributed by atoms with van der Waals surface area (Å²) in [6.45, 7) is 0. The van der Waals surface area contributed by atoms with Crippen LogP contribution in [0.1, 0.15) is 0 Å². The monoisotopic (exact) mass is 375 g/mol. The fourth-order valence-corrected chi connectivity index (χ4v) is 2.31. The second-order valence-electron chi connectivity index (χ2n) is 4.72. The molecule has 0 saturated carbocycles. The Morgan fingerprint density at radius 2 is 1.60 bits per heavy atom. The Hall–Kier alpha value is -2.79. The lowest BCUT2D eigenvalue weighted by atomic mass is 10.3. The van der Waals surface area contributed by atoms with E-state index in [9.17, 15) is 26.4 Å². The topological polar surface area (TPSA) is 111 Å². The van der Waals surface area contributed by atoms with Crippen molar-refractivity contribution in [2.75, 3.05) is 10.6 Å². The number of carbonyl (C=O) groups excluding carboxylic acids is 1. The van der Waals surface area contributed by atoms with E-state index in [0.717, 1.165) is 12.1 Å². The first-order chi connectivity index (χ1) is 11.5. The second kappa shape index (κ2) is 6.99. The fourth-order valence-electron chi connectivity index (χ4n) is 1.79. The maximum atomic E-state index is 12.2. The van der Waals surface area contributed by atoms with Crippen LogP contribution in [0.4, 0.5) is 29.3 Å². The molecular weight excluding hydrogens is 363 g/mol. The molecule has 0 aromatic heterocycles. The molecule has 2 amide bonds. The minimum absolute atomic E-state index is 0.0698. The molecule has 0 atom stereocenters. The summed E-state index contributed by atoms with van der Waals surface area (Å²) in [5.74, 6) is -0.484. The molecule has 0 heterocycles. The molecule has 0 radical (unpaired) electrons. The Morgan fingerprint density at radius 3 is 2.16 bits per heavy atom. The van der Waals surface area contributed by atoms with Gasteiger partial charge in [-0.3, -0.25) is 0 Å². The standard InChI is InChI=1S/C14H12F3N3O4S/c15-14(16,17)24-11-3-1-2-10(8-11)20-13(21)19-9-4-6-12(7-5-9)25(18,22)23/h1-8H,(H2,18,22,23)(H2,19,20,21). The minimum Gasteiger partial charge on any atom is -0.406 e. The largest absolute Gasteiger partial charge is 0.573 e. The summed E-state index contributed by atoms with van der Waals surface area (Å²) in [6.07, 6.45) is -4.84. The van der Waals surface area contributed by atoms with Crippen molar-refractivity contribution < 1.29 is 31.1 Å². The quantitative estimate of drug-likeness (QED) is 0.763. The zero-order chi connectivity index (χ0) is 18.7. The highest BCUT2D eigenvalue weighted by molar-refractivity contribution is 7.89. The maximum Gasteiger partial charge on any atom is 0.573 e. The molecule has 7 nitrogen and oxygen atoms in total. The highest BCUT2D eigenvalue weighted by Gasteiger charge is 2.31. The molecular formula is C14H12F3N3O4S. The van der Waals surface area contributed by atoms with E-state index in [2.05, 4.69) is 15.4 Å². The molecule has 4 N–H and O–H groups in total. The number of ether oxygens (including phenoxy) is 1. The van der Waals surface area contributed by atoms with Crippen LogP contribution < -0.4 is 20.5 Å². The molecule has 0 aliphatic carbocycles. The first-order valence-electron chi connectivity index (χ1n) is 6.60. The number of primary sulfonamides is 1. The van der Waals surface area contributed by atoms with Crippen molar-refractivity contribution in [1.29, 1.82) is 0 Å². The molecule has 0 spiro atoms. The third-order valence-corrected chi connectivity index (χ3v) is 3.70. The van der Waals surface area contributed by atoms with Gasteiger partial charge in [-0.15, -0.1) is 13.2 Å². The van der Waals surface area contributed by atoms with Gasteiger partial charge in [0.15, 0.2) is 0 Å². The molecule has 2 aromatic carbocycles. The lowest BCUT2D eigenvalue weighted by Gasteiger charge is -2.11. The van der Waals surface area contributed by atoms with Crippen LogP contribution in [0.5, 0.6) is 5.75 Å². The zero-order valence-electron chi connectivity index (χ0n) is 12.4. The first-order valence-corrected chi connectivity index (χ1v) is 8.14. The van der Waals surface area contributed by atoms with Gasteiger partial charge in [-0.05, 0) is 36.4 Å². The minimum atomic E-state index is -4.84. The van der Waals surface area contributed by atoms with Crippen LogP contribution in [-0.4, -0.2) is 20.8 Å². The number of hydrogen-bond donors (Lipinski definition) is 3. The number of rotatable bonds is 4. The van der Waals surface area contributed by atoms with Gasteiger partial charge in [-0.2, -0.15) is 0 Å². The predicted octanol–water partition coefficient (Wildman–Crippen LogP) is 2.88. The predicted molar refractivity (Wildman–Crippen MR) is 83.6 cm³/mol. The Kier molecular flexibility index (Phi) is 5.18. The second-order valence-corrected chi connectivity index (χ2v) is 6.29. The number of hydrogen-bond acceptors (Lipinski definition) is 4. The molecule has 0 saturated heterocycles. The van der Waals surface area contributed by atoms with Crippen molar-refractivity contribution in [3.8, 4) is 5.75 Å². The van der Waals surface area contributed by atoms with Crippen molar-refractivity contribution in [2.45, 2.75) is 11.3 Å². The molecule has 134 valence electrons. The maximum absolute atomic E-state index is 12.2. The van der Waals surface area contributed by atoms with Gasteiger partial charge in [0, 0.05) is 17.4 Å².